The highest BCUT2D eigenvalue weighted by Crippen LogP contribution is 2.37. The molecule has 0 amide bonds. The Morgan fingerprint density at radius 2 is 1.32 bits per heavy atom. The number of aryl methyl sites for hydroxylation is 3. The molecule has 2 aromatic carbocycles. The van der Waals surface area contributed by atoms with Crippen LogP contribution in [-0.2, 0) is 42.4 Å². The van der Waals surface area contributed by atoms with Gasteiger partial charge in [-0.25, -0.2) is 0 Å². The van der Waals surface area contributed by atoms with E-state index in [2.05, 4.69) is 0 Å². The van der Waals surface area contributed by atoms with Crippen LogP contribution in [0.15, 0.2) is 52.3 Å². The summed E-state index contributed by atoms with van der Waals surface area (Å²) >= 11 is 0. The van der Waals surface area contributed by atoms with Crippen LogP contribution < -0.4 is 5.46 Å². The van der Waals surface area contributed by atoms with Gasteiger partial charge in [-0.1, -0.05) is 41.5 Å². The van der Waals surface area contributed by atoms with Crippen LogP contribution in [0.1, 0.15) is 62.8 Å². The van der Waals surface area contributed by atoms with Gasteiger partial charge in [0.15, 0.2) is 0 Å². The molecule has 0 unspecified atom stereocenters. The summed E-state index contributed by atoms with van der Waals surface area (Å²) in [5.74, 6) is 0. The summed E-state index contributed by atoms with van der Waals surface area (Å²) in [4.78, 5) is -0.273. The van der Waals surface area contributed by atoms with Crippen LogP contribution in [0.4, 0.5) is 0 Å². The normalized spacial score (nSPS) is 17.6. The van der Waals surface area contributed by atoms with Crippen molar-refractivity contribution in [2.24, 2.45) is 0 Å². The van der Waals surface area contributed by atoms with Gasteiger partial charge >= 0.3 is 7.12 Å². The van der Waals surface area contributed by atoms with Crippen LogP contribution in [0, 0.1) is 13.8 Å². The molecule has 2 N–H and O–H groups in total. The number of hydrogen-bond donors (Lipinski definition) is 2. The first-order chi connectivity index (χ1) is 16.9. The highest BCUT2D eigenvalue weighted by molar-refractivity contribution is 7.86. The monoisotopic (exact) mass is 550 g/mol. The van der Waals surface area contributed by atoms with E-state index in [1.165, 1.54) is 12.1 Å². The van der Waals surface area contributed by atoms with Crippen LogP contribution in [-0.4, -0.2) is 44.3 Å². The predicted octanol–water partition coefficient (Wildman–Crippen LogP) is 4.22. The second-order valence-electron chi connectivity index (χ2n) is 10.5. The predicted molar refractivity (Wildman–Crippen MR) is 143 cm³/mol. The van der Waals surface area contributed by atoms with E-state index >= 15 is 0 Å². The zero-order valence-electron chi connectivity index (χ0n) is 22.1. The quantitative estimate of drug-likeness (QED) is 0.270. The van der Waals surface area contributed by atoms with Gasteiger partial charge in [-0.05, 0) is 95.9 Å². The number of benzene rings is 2. The Kier molecular flexibility index (Phi) is 8.48. The molecule has 0 radical (unpaired) electrons. The maximum absolute atomic E-state index is 12.2. The SMILES string of the molecule is Cc1ccc(S(=O)(=O)O)c(CC/C=C/CCc2c(S(=O)(=O)O)ccc(C)c2B2OC(C)(C)C(C)(C)O2)c1. The topological polar surface area (TPSA) is 127 Å². The van der Waals surface area contributed by atoms with Crippen molar-refractivity contribution >= 4 is 32.8 Å². The lowest BCUT2D eigenvalue weighted by molar-refractivity contribution is 0.00578. The van der Waals surface area contributed by atoms with Crippen molar-refractivity contribution in [3.63, 3.8) is 0 Å². The van der Waals surface area contributed by atoms with Crippen molar-refractivity contribution in [2.45, 2.75) is 88.2 Å². The third-order valence-electron chi connectivity index (χ3n) is 7.10. The summed E-state index contributed by atoms with van der Waals surface area (Å²) in [6.45, 7) is 11.4. The largest absolute Gasteiger partial charge is 0.495 e. The van der Waals surface area contributed by atoms with Gasteiger partial charge in [0.25, 0.3) is 20.2 Å². The van der Waals surface area contributed by atoms with Gasteiger partial charge in [-0.15, -0.1) is 0 Å². The molecule has 1 heterocycles. The molecule has 37 heavy (non-hydrogen) atoms. The minimum atomic E-state index is -4.48. The Morgan fingerprint density at radius 3 is 1.86 bits per heavy atom. The van der Waals surface area contributed by atoms with E-state index in [4.69, 9.17) is 9.31 Å². The molecular weight excluding hydrogens is 515 g/mol. The number of hydrogen-bond acceptors (Lipinski definition) is 6. The van der Waals surface area contributed by atoms with Crippen LogP contribution in [0.5, 0.6) is 0 Å². The van der Waals surface area contributed by atoms with Crippen LogP contribution >= 0.6 is 0 Å². The molecule has 11 heteroatoms. The van der Waals surface area contributed by atoms with E-state index in [9.17, 15) is 25.9 Å². The second kappa shape index (κ2) is 10.6. The van der Waals surface area contributed by atoms with E-state index in [-0.39, 0.29) is 9.79 Å². The van der Waals surface area contributed by atoms with Crippen LogP contribution in [0.25, 0.3) is 0 Å². The van der Waals surface area contributed by atoms with E-state index in [1.54, 1.807) is 18.2 Å². The van der Waals surface area contributed by atoms with E-state index in [0.29, 0.717) is 42.3 Å². The fraction of sp³-hybridized carbons (Fsp3) is 0.462. The molecule has 0 aromatic heterocycles. The van der Waals surface area contributed by atoms with E-state index in [1.807, 2.05) is 53.7 Å². The number of allylic oxidation sites excluding steroid dienone is 2. The Bertz CT molecular complexity index is 1390. The minimum Gasteiger partial charge on any atom is -0.399 e. The lowest BCUT2D eigenvalue weighted by Gasteiger charge is -2.32. The van der Waals surface area contributed by atoms with Gasteiger partial charge in [0.2, 0.25) is 0 Å². The van der Waals surface area contributed by atoms with Gasteiger partial charge < -0.3 is 9.31 Å². The molecule has 3 rings (SSSR count). The van der Waals surface area contributed by atoms with E-state index in [0.717, 1.165) is 11.1 Å². The molecule has 1 aliphatic rings. The standard InChI is InChI=1S/C26H35BO8S2/c1-18-13-15-22(36(28,29)30)20(17-18)11-9-7-8-10-12-21-23(37(31,32)33)16-14-19(2)24(21)27-34-25(3,4)26(5,6)35-27/h7-8,13-17H,9-12H2,1-6H3,(H,28,29,30)(H,31,32,33)/b8-7+. The van der Waals surface area contributed by atoms with Gasteiger partial charge in [-0.3, -0.25) is 9.11 Å². The van der Waals surface area contributed by atoms with Crippen LogP contribution in [0.3, 0.4) is 0 Å². The van der Waals surface area contributed by atoms with Crippen molar-refractivity contribution in [3.8, 4) is 0 Å². The van der Waals surface area contributed by atoms with E-state index < -0.39 is 38.6 Å². The third-order valence-corrected chi connectivity index (χ3v) is 8.99. The summed E-state index contributed by atoms with van der Waals surface area (Å²) in [6.07, 6.45) is 5.48. The summed E-state index contributed by atoms with van der Waals surface area (Å²) in [6, 6.07) is 7.80. The van der Waals surface area contributed by atoms with Crippen molar-refractivity contribution in [1.82, 2.24) is 0 Å². The van der Waals surface area contributed by atoms with Crippen molar-refractivity contribution in [2.75, 3.05) is 0 Å². The molecule has 0 spiro atoms. The molecule has 0 atom stereocenters. The second-order valence-corrected chi connectivity index (χ2v) is 13.3. The Hall–Kier alpha value is -2.02. The summed E-state index contributed by atoms with van der Waals surface area (Å²) in [5.41, 5.74) is 2.01. The maximum Gasteiger partial charge on any atom is 0.495 e. The molecule has 1 aliphatic heterocycles. The lowest BCUT2D eigenvalue weighted by Crippen LogP contribution is -2.41. The third kappa shape index (κ3) is 6.71. The Labute approximate surface area is 220 Å². The Morgan fingerprint density at radius 1 is 0.811 bits per heavy atom. The van der Waals surface area contributed by atoms with Gasteiger partial charge in [0.1, 0.15) is 0 Å². The average Bonchev–Trinajstić information content (AvgIpc) is 2.95. The molecular formula is C26H35BO8S2. The van der Waals surface area contributed by atoms with Crippen molar-refractivity contribution in [1.29, 1.82) is 0 Å². The fourth-order valence-corrected chi connectivity index (χ4v) is 5.90. The van der Waals surface area contributed by atoms with Gasteiger partial charge in [0, 0.05) is 0 Å². The minimum absolute atomic E-state index is 0.101. The molecule has 202 valence electrons. The fourth-order valence-electron chi connectivity index (χ4n) is 4.41. The summed E-state index contributed by atoms with van der Waals surface area (Å²) < 4.78 is 79.5. The first kappa shape index (κ1) is 29.5. The number of rotatable bonds is 9. The maximum atomic E-state index is 12.2. The summed E-state index contributed by atoms with van der Waals surface area (Å²) in [7, 11) is -9.58. The molecule has 0 aliphatic carbocycles. The first-order valence-corrected chi connectivity index (χ1v) is 15.0. The van der Waals surface area contributed by atoms with Gasteiger partial charge in [0.05, 0.1) is 21.0 Å². The molecule has 1 saturated heterocycles. The highest BCUT2D eigenvalue weighted by Gasteiger charge is 2.52. The molecule has 2 aromatic rings. The summed E-state index contributed by atoms with van der Waals surface area (Å²) in [5, 5.41) is 0. The zero-order chi connectivity index (χ0) is 27.8. The molecule has 8 nitrogen and oxygen atoms in total. The zero-order valence-corrected chi connectivity index (χ0v) is 23.7. The lowest BCUT2D eigenvalue weighted by atomic mass is 9.72. The van der Waals surface area contributed by atoms with Crippen molar-refractivity contribution in [3.05, 3.63) is 64.7 Å². The smallest absolute Gasteiger partial charge is 0.399 e. The van der Waals surface area contributed by atoms with Gasteiger partial charge in [-0.2, -0.15) is 16.8 Å². The van der Waals surface area contributed by atoms with Crippen molar-refractivity contribution < 1.29 is 35.2 Å². The molecule has 0 bridgehead atoms. The average molecular weight is 551 g/mol. The Balaban J connectivity index is 1.81. The molecule has 1 fully saturated rings. The van der Waals surface area contributed by atoms with Crippen LogP contribution in [0.2, 0.25) is 0 Å². The molecule has 0 saturated carbocycles. The first-order valence-electron chi connectivity index (χ1n) is 12.1. The highest BCUT2D eigenvalue weighted by atomic mass is 32.2.